The van der Waals surface area contributed by atoms with Gasteiger partial charge < -0.3 is 0 Å². The smallest absolute Gasteiger partial charge is 0.278 e. The van der Waals surface area contributed by atoms with E-state index in [-0.39, 0.29) is 21.5 Å². The summed E-state index contributed by atoms with van der Waals surface area (Å²) >= 11 is 0. The molecule has 2 saturated carbocycles. The monoisotopic (exact) mass is 548 g/mol. The molecule has 0 aliphatic heterocycles. The number of hydrogen-bond acceptors (Lipinski definition) is 4. The Morgan fingerprint density at radius 2 is 1.41 bits per heavy atom. The minimum Gasteiger partial charge on any atom is -0.299 e. The molecule has 3 aromatic carbocycles. The van der Waals surface area contributed by atoms with Crippen LogP contribution in [-0.4, -0.2) is 20.0 Å². The molecule has 0 amide bonds. The Balaban J connectivity index is 1.74. The van der Waals surface area contributed by atoms with Crippen LogP contribution in [0.4, 0.5) is 13.2 Å². The number of carbonyl (C=O) groups excluding carboxylic acids is 1. The maximum atomic E-state index is 15.5. The SMILES string of the molecule is CC1(C)C2CCC1(CS(=O)(=O)OS(c1ccccc1)(c1ccccc1)c1c(F)cc(F)cc1F)C(=O)C2. The lowest BCUT2D eigenvalue weighted by Gasteiger charge is -2.41. The first kappa shape index (κ1) is 26.0. The Morgan fingerprint density at radius 3 is 1.84 bits per heavy atom. The molecule has 2 unspecified atom stereocenters. The van der Waals surface area contributed by atoms with E-state index in [1.807, 2.05) is 13.8 Å². The fourth-order valence-electron chi connectivity index (χ4n) is 6.10. The van der Waals surface area contributed by atoms with Crippen LogP contribution in [0.3, 0.4) is 0 Å². The van der Waals surface area contributed by atoms with Gasteiger partial charge in [-0.05, 0) is 58.7 Å². The third-order valence-corrected chi connectivity index (χ3v) is 13.5. The van der Waals surface area contributed by atoms with Crippen molar-refractivity contribution in [3.8, 4) is 0 Å². The molecular weight excluding hydrogens is 521 g/mol. The van der Waals surface area contributed by atoms with Gasteiger partial charge in [0.1, 0.15) is 23.2 Å². The molecule has 2 fully saturated rings. The zero-order valence-corrected chi connectivity index (χ0v) is 22.1. The van der Waals surface area contributed by atoms with Gasteiger partial charge in [0.25, 0.3) is 10.1 Å². The number of halogens is 3. The van der Waals surface area contributed by atoms with Crippen LogP contribution < -0.4 is 0 Å². The number of Topliss-reactive ketones (excluding diaryl/α,β-unsaturated/α-hetero) is 1. The average Bonchev–Trinajstić information content (AvgIpc) is 3.18. The van der Waals surface area contributed by atoms with Crippen LogP contribution in [0.15, 0.2) is 87.5 Å². The van der Waals surface area contributed by atoms with Crippen molar-refractivity contribution in [1.29, 1.82) is 0 Å². The van der Waals surface area contributed by atoms with Crippen molar-refractivity contribution in [2.45, 2.75) is 47.8 Å². The third kappa shape index (κ3) is 4.02. The molecule has 0 heterocycles. The highest BCUT2D eigenvalue weighted by Gasteiger charge is 2.66. The maximum Gasteiger partial charge on any atom is 0.278 e. The number of rotatable bonds is 7. The van der Waals surface area contributed by atoms with E-state index in [1.54, 1.807) is 36.4 Å². The van der Waals surface area contributed by atoms with Crippen LogP contribution in [0.5, 0.6) is 0 Å². The maximum absolute atomic E-state index is 15.5. The van der Waals surface area contributed by atoms with Gasteiger partial charge in [0, 0.05) is 28.3 Å². The molecular formula is C28H27F3O4S2. The van der Waals surface area contributed by atoms with Crippen LogP contribution in [0.25, 0.3) is 0 Å². The summed E-state index contributed by atoms with van der Waals surface area (Å²) < 4.78 is 78.9. The van der Waals surface area contributed by atoms with Crippen LogP contribution >= 0.6 is 10.3 Å². The minimum absolute atomic E-state index is 0.0718. The Hall–Kier alpha value is -2.62. The summed E-state index contributed by atoms with van der Waals surface area (Å²) in [5.74, 6) is -4.30. The van der Waals surface area contributed by atoms with Crippen LogP contribution in [0.2, 0.25) is 0 Å². The van der Waals surface area contributed by atoms with Gasteiger partial charge in [-0.25, -0.2) is 16.8 Å². The van der Waals surface area contributed by atoms with E-state index in [4.69, 9.17) is 3.63 Å². The standard InChI is InChI=1S/C28H27F3O4S2/c1-27(2)19-13-14-28(27,25(32)15-19)18-36(33,34)35-37(21-9-5-3-6-10-21,22-11-7-4-8-12-22)26-23(30)16-20(29)17-24(26)31/h3-12,16-17,19H,13-15,18H2,1-2H3. The summed E-state index contributed by atoms with van der Waals surface area (Å²) in [5.41, 5.74) is -1.71. The Kier molecular flexibility index (Phi) is 6.32. The van der Waals surface area contributed by atoms with Gasteiger partial charge in [-0.2, -0.15) is 8.42 Å². The van der Waals surface area contributed by atoms with Gasteiger partial charge in [-0.15, -0.1) is 0 Å². The molecule has 0 saturated heterocycles. The van der Waals surface area contributed by atoms with E-state index in [2.05, 4.69) is 0 Å². The third-order valence-electron chi connectivity index (χ3n) is 8.17. The van der Waals surface area contributed by atoms with Gasteiger partial charge in [-0.1, -0.05) is 50.2 Å². The predicted molar refractivity (Wildman–Crippen MR) is 135 cm³/mol. The predicted octanol–water partition coefficient (Wildman–Crippen LogP) is 7.04. The van der Waals surface area contributed by atoms with Gasteiger partial charge in [0.15, 0.2) is 0 Å². The fourth-order valence-corrected chi connectivity index (χ4v) is 12.2. The molecule has 0 N–H and O–H groups in total. The van der Waals surface area contributed by atoms with Crippen molar-refractivity contribution >= 4 is 26.2 Å². The lowest BCUT2D eigenvalue weighted by atomic mass is 9.70. The summed E-state index contributed by atoms with van der Waals surface area (Å²) in [6, 6.07) is 17.0. The van der Waals surface area contributed by atoms with E-state index >= 15 is 8.78 Å². The van der Waals surface area contributed by atoms with Crippen molar-refractivity contribution in [1.82, 2.24) is 0 Å². The molecule has 37 heavy (non-hydrogen) atoms. The zero-order valence-electron chi connectivity index (χ0n) is 20.4. The second-order valence-electron chi connectivity index (χ2n) is 10.3. The number of hydrogen-bond donors (Lipinski definition) is 0. The van der Waals surface area contributed by atoms with E-state index in [1.165, 1.54) is 24.3 Å². The van der Waals surface area contributed by atoms with Crippen LogP contribution in [-0.2, 0) is 18.5 Å². The van der Waals surface area contributed by atoms with Gasteiger partial charge in [0.05, 0.1) is 16.1 Å². The number of carbonyl (C=O) groups is 1. The van der Waals surface area contributed by atoms with Crippen molar-refractivity contribution in [3.05, 3.63) is 90.2 Å². The number of fused-ring (bicyclic) bond motifs is 2. The lowest BCUT2D eigenvalue weighted by molar-refractivity contribution is -0.128. The molecule has 3 aromatic rings. The van der Waals surface area contributed by atoms with Crippen molar-refractivity contribution in [2.24, 2.45) is 16.7 Å². The van der Waals surface area contributed by atoms with Crippen LogP contribution in [0, 0.1) is 34.2 Å². The minimum atomic E-state index is -4.57. The molecule has 4 nitrogen and oxygen atoms in total. The molecule has 2 aliphatic carbocycles. The quantitative estimate of drug-likeness (QED) is 0.318. The summed E-state index contributed by atoms with van der Waals surface area (Å²) in [7, 11) is -8.17. The fraction of sp³-hybridized carbons (Fsp3) is 0.321. The first-order valence-electron chi connectivity index (χ1n) is 12.0. The zero-order chi connectivity index (χ0) is 26.6. The second kappa shape index (κ2) is 8.99. The molecule has 2 aliphatic rings. The van der Waals surface area contributed by atoms with Gasteiger partial charge in [0.2, 0.25) is 0 Å². The Morgan fingerprint density at radius 1 is 0.892 bits per heavy atom. The highest BCUT2D eigenvalue weighted by molar-refractivity contribution is 8.33. The second-order valence-corrected chi connectivity index (χ2v) is 14.7. The molecule has 0 spiro atoms. The highest BCUT2D eigenvalue weighted by atomic mass is 32.3. The molecule has 2 atom stereocenters. The number of ketones is 1. The van der Waals surface area contributed by atoms with E-state index < -0.39 is 59.4 Å². The molecule has 196 valence electrons. The molecule has 9 heteroatoms. The number of benzene rings is 3. The van der Waals surface area contributed by atoms with Gasteiger partial charge >= 0.3 is 0 Å². The van der Waals surface area contributed by atoms with Gasteiger partial charge in [-0.3, -0.25) is 4.79 Å². The molecule has 5 rings (SSSR count). The van der Waals surface area contributed by atoms with Crippen molar-refractivity contribution in [3.63, 3.8) is 0 Å². The summed E-state index contributed by atoms with van der Waals surface area (Å²) in [6.07, 6.45) is 1.44. The topological polar surface area (TPSA) is 60.4 Å². The Bertz CT molecular complexity index is 1400. The summed E-state index contributed by atoms with van der Waals surface area (Å²) in [5, 5.41) is 0. The van der Waals surface area contributed by atoms with E-state index in [0.29, 0.717) is 25.0 Å². The van der Waals surface area contributed by atoms with Crippen molar-refractivity contribution in [2.75, 3.05) is 5.75 Å². The molecule has 0 aromatic heterocycles. The Labute approximate surface area is 216 Å². The van der Waals surface area contributed by atoms with Crippen LogP contribution in [0.1, 0.15) is 33.1 Å². The molecule has 0 radical (unpaired) electrons. The normalized spacial score (nSPS) is 23.4. The van der Waals surface area contributed by atoms with E-state index in [0.717, 1.165) is 6.42 Å². The summed E-state index contributed by atoms with van der Waals surface area (Å²) in [4.78, 5) is 12.9. The lowest BCUT2D eigenvalue weighted by Crippen LogP contribution is -2.42. The first-order chi connectivity index (χ1) is 17.4. The first-order valence-corrected chi connectivity index (χ1v) is 15.1. The summed E-state index contributed by atoms with van der Waals surface area (Å²) in [6.45, 7) is 3.80. The van der Waals surface area contributed by atoms with Crippen molar-refractivity contribution < 1.29 is 30.0 Å². The van der Waals surface area contributed by atoms with E-state index in [9.17, 15) is 17.6 Å². The molecule has 2 bridgehead atoms. The highest BCUT2D eigenvalue weighted by Crippen LogP contribution is 2.72. The average molecular weight is 549 g/mol. The largest absolute Gasteiger partial charge is 0.299 e.